The molecule has 9 nitrogen and oxygen atoms in total. The Hall–Kier alpha value is -3.62. The largest absolute Gasteiger partial charge is 0.352 e. The van der Waals surface area contributed by atoms with Crippen LogP contribution in [0.25, 0.3) is 6.08 Å². The van der Waals surface area contributed by atoms with Crippen molar-refractivity contribution in [2.75, 3.05) is 0 Å². The van der Waals surface area contributed by atoms with E-state index in [-0.39, 0.29) is 24.5 Å². The first-order valence-electron chi connectivity index (χ1n) is 11.8. The Morgan fingerprint density at radius 3 is 2.57 bits per heavy atom. The fourth-order valence-corrected chi connectivity index (χ4v) is 4.63. The Morgan fingerprint density at radius 1 is 1.14 bits per heavy atom. The van der Waals surface area contributed by atoms with Gasteiger partial charge in [0.15, 0.2) is 11.6 Å². The Kier molecular flexibility index (Phi) is 8.32. The summed E-state index contributed by atoms with van der Waals surface area (Å²) in [5.74, 6) is -4.87. The maximum Gasteiger partial charge on any atom is 0.238 e. The van der Waals surface area contributed by atoms with Gasteiger partial charge in [-0.2, -0.15) is 0 Å². The van der Waals surface area contributed by atoms with Gasteiger partial charge in [-0.3, -0.25) is 34.1 Å². The summed E-state index contributed by atoms with van der Waals surface area (Å²) in [6.45, 7) is 5.50. The van der Waals surface area contributed by atoms with Gasteiger partial charge < -0.3 is 10.6 Å². The van der Waals surface area contributed by atoms with E-state index < -0.39 is 53.3 Å². The van der Waals surface area contributed by atoms with Crippen molar-refractivity contribution in [3.8, 4) is 0 Å². The number of imide groups is 1. The van der Waals surface area contributed by atoms with Crippen molar-refractivity contribution in [2.24, 2.45) is 17.8 Å². The molecule has 1 heterocycles. The molecule has 3 rings (SSSR count). The van der Waals surface area contributed by atoms with Crippen molar-refractivity contribution in [1.29, 1.82) is 0 Å². The Bertz CT molecular complexity index is 1080. The minimum Gasteiger partial charge on any atom is -0.352 e. The number of ketones is 2. The molecule has 1 saturated heterocycles. The summed E-state index contributed by atoms with van der Waals surface area (Å²) in [6.07, 6.45) is 3.36. The zero-order valence-corrected chi connectivity index (χ0v) is 20.1. The number of rotatable bonds is 9. The number of aryl methyl sites for hydroxylation is 1. The lowest BCUT2D eigenvalue weighted by molar-refractivity contribution is -0.141. The molecule has 1 aromatic rings. The molecule has 2 fully saturated rings. The van der Waals surface area contributed by atoms with Crippen LogP contribution >= 0.6 is 0 Å². The molecule has 3 N–H and O–H groups in total. The first-order chi connectivity index (χ1) is 16.6. The molecule has 1 saturated carbocycles. The molecule has 0 spiro atoms. The molecular weight excluding hydrogens is 450 g/mol. The normalized spacial score (nSPS) is 24.6. The number of benzene rings is 1. The number of allylic oxidation sites excluding steroid dienone is 1. The van der Waals surface area contributed by atoms with Crippen LogP contribution in [0.2, 0.25) is 0 Å². The average molecular weight is 482 g/mol. The van der Waals surface area contributed by atoms with Crippen molar-refractivity contribution in [1.82, 2.24) is 16.0 Å². The number of amides is 4. The standard InChI is InChI=1S/C26H31N3O6/c1-4-17(27-21(32)13-18(30)9-8-16-7-5-6-14(2)10-16)12-20(31)28-23-15(3)11-19-22(24(23)33)26(35)29-25(19)34/h5-10,15,17,19,22-23H,4,11-13H2,1-3H3,(H,27,32)(H,28,31)(H,29,34,35)/b9-8+/t15?,17-,19+,22-,23+/m1/s1. The topological polar surface area (TPSA) is 139 Å². The summed E-state index contributed by atoms with van der Waals surface area (Å²) < 4.78 is 0. The van der Waals surface area contributed by atoms with Crippen molar-refractivity contribution < 1.29 is 28.8 Å². The summed E-state index contributed by atoms with van der Waals surface area (Å²) in [6, 6.07) is 6.21. The summed E-state index contributed by atoms with van der Waals surface area (Å²) >= 11 is 0. The van der Waals surface area contributed by atoms with Crippen LogP contribution in [-0.4, -0.2) is 47.3 Å². The average Bonchev–Trinajstić information content (AvgIpc) is 3.07. The summed E-state index contributed by atoms with van der Waals surface area (Å²) in [7, 11) is 0. The van der Waals surface area contributed by atoms with E-state index in [0.29, 0.717) is 12.8 Å². The highest BCUT2D eigenvalue weighted by Gasteiger charge is 2.53. The number of carbonyl (C=O) groups is 6. The molecule has 2 aliphatic rings. The molecule has 1 unspecified atom stereocenters. The van der Waals surface area contributed by atoms with Crippen LogP contribution in [0.4, 0.5) is 0 Å². The highest BCUT2D eigenvalue weighted by molar-refractivity contribution is 6.17. The number of carbonyl (C=O) groups excluding carboxylic acids is 6. The second kappa shape index (κ2) is 11.2. The molecule has 5 atom stereocenters. The molecule has 35 heavy (non-hydrogen) atoms. The summed E-state index contributed by atoms with van der Waals surface area (Å²) in [4.78, 5) is 73.8. The predicted octanol–water partition coefficient (Wildman–Crippen LogP) is 1.23. The zero-order chi connectivity index (χ0) is 25.7. The van der Waals surface area contributed by atoms with E-state index in [1.54, 1.807) is 19.9 Å². The first-order valence-corrected chi connectivity index (χ1v) is 11.8. The number of hydrogen-bond acceptors (Lipinski definition) is 6. The molecule has 0 radical (unpaired) electrons. The number of hydrogen-bond donors (Lipinski definition) is 3. The van der Waals surface area contributed by atoms with Crippen LogP contribution in [-0.2, 0) is 28.8 Å². The molecule has 186 valence electrons. The van der Waals surface area contributed by atoms with Gasteiger partial charge in [0, 0.05) is 12.5 Å². The van der Waals surface area contributed by atoms with Crippen molar-refractivity contribution >= 4 is 41.3 Å². The summed E-state index contributed by atoms with van der Waals surface area (Å²) in [5, 5.41) is 7.57. The van der Waals surface area contributed by atoms with E-state index in [2.05, 4.69) is 16.0 Å². The minimum atomic E-state index is -1.07. The second-order valence-corrected chi connectivity index (χ2v) is 9.37. The third-order valence-corrected chi connectivity index (χ3v) is 6.52. The highest BCUT2D eigenvalue weighted by Crippen LogP contribution is 2.35. The van der Waals surface area contributed by atoms with Gasteiger partial charge in [-0.05, 0) is 37.3 Å². The van der Waals surface area contributed by atoms with Gasteiger partial charge in [0.2, 0.25) is 23.6 Å². The number of Topliss-reactive ketones (excluding diaryl/α,β-unsaturated/α-hetero) is 1. The van der Waals surface area contributed by atoms with E-state index in [9.17, 15) is 28.8 Å². The van der Waals surface area contributed by atoms with Crippen LogP contribution in [0.5, 0.6) is 0 Å². The minimum absolute atomic E-state index is 0.0781. The van der Waals surface area contributed by atoms with E-state index in [1.165, 1.54) is 6.08 Å². The van der Waals surface area contributed by atoms with E-state index in [4.69, 9.17) is 0 Å². The van der Waals surface area contributed by atoms with Crippen LogP contribution < -0.4 is 16.0 Å². The van der Waals surface area contributed by atoms with Crippen molar-refractivity contribution in [3.63, 3.8) is 0 Å². The molecule has 4 amide bonds. The number of nitrogens with one attached hydrogen (secondary N) is 3. The van der Waals surface area contributed by atoms with Crippen molar-refractivity contribution in [3.05, 3.63) is 41.5 Å². The van der Waals surface area contributed by atoms with Crippen molar-refractivity contribution in [2.45, 2.75) is 58.5 Å². The third kappa shape index (κ3) is 6.49. The Labute approximate surface area is 204 Å². The molecule has 0 bridgehead atoms. The van der Waals surface area contributed by atoms with Crippen LogP contribution in [0.15, 0.2) is 30.3 Å². The van der Waals surface area contributed by atoms with Gasteiger partial charge in [-0.25, -0.2) is 0 Å². The molecular formula is C26H31N3O6. The Morgan fingerprint density at radius 2 is 1.89 bits per heavy atom. The lowest BCUT2D eigenvalue weighted by atomic mass is 9.72. The Balaban J connectivity index is 1.50. The van der Waals surface area contributed by atoms with Gasteiger partial charge in [-0.1, -0.05) is 49.8 Å². The zero-order valence-electron chi connectivity index (χ0n) is 20.1. The van der Waals surface area contributed by atoms with Gasteiger partial charge in [-0.15, -0.1) is 0 Å². The molecule has 1 aliphatic heterocycles. The molecule has 9 heteroatoms. The maximum atomic E-state index is 12.8. The maximum absolute atomic E-state index is 12.8. The summed E-state index contributed by atoms with van der Waals surface area (Å²) in [5.41, 5.74) is 1.92. The van der Waals surface area contributed by atoms with Gasteiger partial charge in [0.25, 0.3) is 0 Å². The monoisotopic (exact) mass is 481 g/mol. The van der Waals surface area contributed by atoms with Crippen LogP contribution in [0.1, 0.15) is 50.7 Å². The number of fused-ring (bicyclic) bond motifs is 1. The van der Waals surface area contributed by atoms with E-state index >= 15 is 0 Å². The van der Waals surface area contributed by atoms with Gasteiger partial charge >= 0.3 is 0 Å². The van der Waals surface area contributed by atoms with Crippen LogP contribution in [0.3, 0.4) is 0 Å². The SMILES string of the molecule is CC[C@H](CC(=O)N[C@@H]1C(=O)[C@@H]2C(=O)NC(=O)[C@H]2CC1C)NC(=O)CC(=O)/C=C/c1cccc(C)c1. The second-order valence-electron chi connectivity index (χ2n) is 9.37. The van der Waals surface area contributed by atoms with Gasteiger partial charge in [0.05, 0.1) is 18.4 Å². The first kappa shape index (κ1) is 26.0. The lowest BCUT2D eigenvalue weighted by Gasteiger charge is -2.33. The molecule has 0 aromatic heterocycles. The predicted molar refractivity (Wildman–Crippen MR) is 128 cm³/mol. The third-order valence-electron chi connectivity index (χ3n) is 6.52. The van der Waals surface area contributed by atoms with Crippen LogP contribution in [0, 0.1) is 24.7 Å². The highest BCUT2D eigenvalue weighted by atomic mass is 16.2. The smallest absolute Gasteiger partial charge is 0.238 e. The fourth-order valence-electron chi connectivity index (χ4n) is 4.63. The molecule has 1 aromatic carbocycles. The quantitative estimate of drug-likeness (QED) is 0.276. The molecule has 1 aliphatic carbocycles. The fraction of sp³-hybridized carbons (Fsp3) is 0.462. The lowest BCUT2D eigenvalue weighted by Crippen LogP contribution is -2.54. The van der Waals surface area contributed by atoms with E-state index in [0.717, 1.165) is 11.1 Å². The van der Waals surface area contributed by atoms with Gasteiger partial charge in [0.1, 0.15) is 5.92 Å². The van der Waals surface area contributed by atoms with E-state index in [1.807, 2.05) is 31.2 Å².